The Hall–Kier alpha value is -1.65. The molecule has 1 amide bonds. The summed E-state index contributed by atoms with van der Waals surface area (Å²) in [5, 5.41) is 13.0. The van der Waals surface area contributed by atoms with Crippen molar-refractivity contribution in [2.75, 3.05) is 18.9 Å². The molecule has 0 aliphatic rings. The van der Waals surface area contributed by atoms with Gasteiger partial charge < -0.3 is 10.6 Å². The van der Waals surface area contributed by atoms with Crippen LogP contribution in [-0.2, 0) is 0 Å². The predicted molar refractivity (Wildman–Crippen MR) is 49.6 cm³/mol. The molecule has 0 fully saturated rings. The van der Waals surface area contributed by atoms with Crippen LogP contribution in [0.25, 0.3) is 0 Å². The van der Waals surface area contributed by atoms with Gasteiger partial charge in [0.2, 0.25) is 0 Å². The lowest BCUT2D eigenvalue weighted by Crippen LogP contribution is -2.19. The fourth-order valence-corrected chi connectivity index (χ4v) is 0.857. The standard InChI is InChI=1S/C8H12N4O/c1-3-10-7-5-4-6(11-12-7)8(13)9-2/h4-5H,3H2,1-2H3,(H,9,13)(H,10,12). The minimum absolute atomic E-state index is 0.226. The Kier molecular flexibility index (Phi) is 3.19. The zero-order valence-corrected chi connectivity index (χ0v) is 7.66. The number of nitrogens with one attached hydrogen (secondary N) is 2. The van der Waals surface area contributed by atoms with E-state index in [-0.39, 0.29) is 5.91 Å². The average Bonchev–Trinajstić information content (AvgIpc) is 2.18. The van der Waals surface area contributed by atoms with Gasteiger partial charge >= 0.3 is 0 Å². The van der Waals surface area contributed by atoms with Gasteiger partial charge in [-0.3, -0.25) is 4.79 Å². The Labute approximate surface area is 76.6 Å². The zero-order chi connectivity index (χ0) is 9.68. The molecular weight excluding hydrogens is 168 g/mol. The number of carbonyl (C=O) groups is 1. The summed E-state index contributed by atoms with van der Waals surface area (Å²) < 4.78 is 0. The molecule has 1 rings (SSSR count). The first-order valence-electron chi connectivity index (χ1n) is 4.07. The van der Waals surface area contributed by atoms with Crippen LogP contribution in [0.5, 0.6) is 0 Å². The number of anilines is 1. The maximum absolute atomic E-state index is 11.0. The number of amides is 1. The van der Waals surface area contributed by atoms with Crippen LogP contribution in [0.4, 0.5) is 5.82 Å². The van der Waals surface area contributed by atoms with Crippen LogP contribution in [0.2, 0.25) is 0 Å². The van der Waals surface area contributed by atoms with Gasteiger partial charge in [-0.15, -0.1) is 10.2 Å². The van der Waals surface area contributed by atoms with Gasteiger partial charge in [-0.25, -0.2) is 0 Å². The third-order valence-corrected chi connectivity index (χ3v) is 1.48. The quantitative estimate of drug-likeness (QED) is 0.700. The number of hydrogen-bond acceptors (Lipinski definition) is 4. The maximum Gasteiger partial charge on any atom is 0.271 e. The molecule has 70 valence electrons. The summed E-state index contributed by atoms with van der Waals surface area (Å²) in [6, 6.07) is 3.35. The summed E-state index contributed by atoms with van der Waals surface area (Å²) in [5.74, 6) is 0.450. The van der Waals surface area contributed by atoms with E-state index in [1.807, 2.05) is 6.92 Å². The van der Waals surface area contributed by atoms with Crippen LogP contribution in [-0.4, -0.2) is 29.7 Å². The van der Waals surface area contributed by atoms with Crippen molar-refractivity contribution in [2.45, 2.75) is 6.92 Å². The van der Waals surface area contributed by atoms with E-state index in [0.29, 0.717) is 11.5 Å². The summed E-state index contributed by atoms with van der Waals surface area (Å²) in [6.07, 6.45) is 0. The lowest BCUT2D eigenvalue weighted by atomic mass is 10.3. The largest absolute Gasteiger partial charge is 0.369 e. The van der Waals surface area contributed by atoms with Crippen LogP contribution in [0.15, 0.2) is 12.1 Å². The molecule has 0 spiro atoms. The van der Waals surface area contributed by atoms with Crippen LogP contribution in [0.1, 0.15) is 17.4 Å². The third-order valence-electron chi connectivity index (χ3n) is 1.48. The maximum atomic E-state index is 11.0. The molecule has 2 N–H and O–H groups in total. The molecule has 0 radical (unpaired) electrons. The number of aromatic nitrogens is 2. The van der Waals surface area contributed by atoms with E-state index in [1.54, 1.807) is 19.2 Å². The molecule has 0 saturated carbocycles. The number of hydrogen-bond donors (Lipinski definition) is 2. The van der Waals surface area contributed by atoms with Crippen molar-refractivity contribution >= 4 is 11.7 Å². The summed E-state index contributed by atoms with van der Waals surface area (Å²) in [7, 11) is 1.56. The fraction of sp³-hybridized carbons (Fsp3) is 0.375. The normalized spacial score (nSPS) is 9.38. The van der Waals surface area contributed by atoms with Crippen molar-refractivity contribution in [3.8, 4) is 0 Å². The Morgan fingerprint density at radius 1 is 1.46 bits per heavy atom. The van der Waals surface area contributed by atoms with Crippen molar-refractivity contribution in [3.05, 3.63) is 17.8 Å². The highest BCUT2D eigenvalue weighted by Crippen LogP contribution is 2.00. The molecule has 0 aromatic carbocycles. The molecular formula is C8H12N4O. The highest BCUT2D eigenvalue weighted by atomic mass is 16.1. The highest BCUT2D eigenvalue weighted by molar-refractivity contribution is 5.91. The monoisotopic (exact) mass is 180 g/mol. The molecule has 1 aromatic heterocycles. The van der Waals surface area contributed by atoms with Crippen LogP contribution in [0, 0.1) is 0 Å². The van der Waals surface area contributed by atoms with Gasteiger partial charge in [-0.2, -0.15) is 0 Å². The highest BCUT2D eigenvalue weighted by Gasteiger charge is 2.04. The first-order valence-corrected chi connectivity index (χ1v) is 4.07. The minimum Gasteiger partial charge on any atom is -0.369 e. The van der Waals surface area contributed by atoms with Gasteiger partial charge in [0.05, 0.1) is 0 Å². The molecule has 13 heavy (non-hydrogen) atoms. The molecule has 0 saturated heterocycles. The summed E-state index contributed by atoms with van der Waals surface area (Å²) in [4.78, 5) is 11.0. The van der Waals surface area contributed by atoms with E-state index in [1.165, 1.54) is 0 Å². The van der Waals surface area contributed by atoms with Gasteiger partial charge in [0.15, 0.2) is 5.69 Å². The van der Waals surface area contributed by atoms with Crippen LogP contribution in [0.3, 0.4) is 0 Å². The van der Waals surface area contributed by atoms with Crippen molar-refractivity contribution in [2.24, 2.45) is 0 Å². The summed E-state index contributed by atoms with van der Waals surface area (Å²) in [6.45, 7) is 2.75. The molecule has 0 bridgehead atoms. The Morgan fingerprint density at radius 3 is 2.69 bits per heavy atom. The van der Waals surface area contributed by atoms with E-state index in [0.717, 1.165) is 6.54 Å². The molecule has 5 nitrogen and oxygen atoms in total. The van der Waals surface area contributed by atoms with Crippen molar-refractivity contribution in [1.29, 1.82) is 0 Å². The van der Waals surface area contributed by atoms with Crippen LogP contribution >= 0.6 is 0 Å². The predicted octanol–water partition coefficient (Wildman–Crippen LogP) is 0.268. The number of nitrogens with zero attached hydrogens (tertiary/aromatic N) is 2. The topological polar surface area (TPSA) is 66.9 Å². The summed E-state index contributed by atoms with van der Waals surface area (Å²) >= 11 is 0. The molecule has 0 aliphatic carbocycles. The Bertz CT molecular complexity index is 283. The van der Waals surface area contributed by atoms with E-state index < -0.39 is 0 Å². The molecule has 1 aromatic rings. The second-order valence-corrected chi connectivity index (χ2v) is 2.41. The average molecular weight is 180 g/mol. The smallest absolute Gasteiger partial charge is 0.271 e. The molecule has 0 atom stereocenters. The number of rotatable bonds is 3. The van der Waals surface area contributed by atoms with Crippen molar-refractivity contribution in [1.82, 2.24) is 15.5 Å². The third kappa shape index (κ3) is 2.40. The van der Waals surface area contributed by atoms with Gasteiger partial charge in [0.1, 0.15) is 5.82 Å². The Morgan fingerprint density at radius 2 is 2.23 bits per heavy atom. The van der Waals surface area contributed by atoms with E-state index >= 15 is 0 Å². The molecule has 1 heterocycles. The van der Waals surface area contributed by atoms with Gasteiger partial charge in [0.25, 0.3) is 5.91 Å². The van der Waals surface area contributed by atoms with Crippen molar-refractivity contribution < 1.29 is 4.79 Å². The zero-order valence-electron chi connectivity index (χ0n) is 7.66. The first-order chi connectivity index (χ1) is 6.27. The van der Waals surface area contributed by atoms with Crippen molar-refractivity contribution in [3.63, 3.8) is 0 Å². The van der Waals surface area contributed by atoms with Gasteiger partial charge in [0, 0.05) is 13.6 Å². The summed E-state index contributed by atoms with van der Waals surface area (Å²) in [5.41, 5.74) is 0.323. The molecule has 0 unspecified atom stereocenters. The number of carbonyl (C=O) groups excluding carboxylic acids is 1. The second-order valence-electron chi connectivity index (χ2n) is 2.41. The van der Waals surface area contributed by atoms with Gasteiger partial charge in [-0.05, 0) is 19.1 Å². The lowest BCUT2D eigenvalue weighted by Gasteiger charge is -2.01. The van der Waals surface area contributed by atoms with E-state index in [9.17, 15) is 4.79 Å². The Balaban J connectivity index is 2.75. The molecule has 0 aliphatic heterocycles. The van der Waals surface area contributed by atoms with E-state index in [4.69, 9.17) is 0 Å². The SMILES string of the molecule is CCNc1ccc(C(=O)NC)nn1. The second kappa shape index (κ2) is 4.39. The van der Waals surface area contributed by atoms with Crippen LogP contribution < -0.4 is 10.6 Å². The van der Waals surface area contributed by atoms with E-state index in [2.05, 4.69) is 20.8 Å². The minimum atomic E-state index is -0.226. The lowest BCUT2D eigenvalue weighted by molar-refractivity contribution is 0.0957. The molecule has 5 heteroatoms. The van der Waals surface area contributed by atoms with Gasteiger partial charge in [-0.1, -0.05) is 0 Å². The first kappa shape index (κ1) is 9.44. The fourth-order valence-electron chi connectivity index (χ4n) is 0.857.